The molecule has 148 valence electrons. The standard InChI is InChI=1S/C21H15ClN6OS/c1-30-21-16(12-23)19(24)28(27-21)17-11-18(29-15-9-7-14(22)8-10-15)26-20(25-17)13-5-3-2-4-6-13/h2-11H,24H2,1H3. The number of nitrogens with two attached hydrogens (primary N) is 1. The first kappa shape index (κ1) is 19.8. The van der Waals surface area contributed by atoms with Gasteiger partial charge in [-0.1, -0.05) is 41.9 Å². The topological polar surface area (TPSA) is 103 Å². The van der Waals surface area contributed by atoms with Crippen LogP contribution in [0.3, 0.4) is 0 Å². The van der Waals surface area contributed by atoms with Gasteiger partial charge in [-0.25, -0.2) is 4.98 Å². The molecule has 0 amide bonds. The lowest BCUT2D eigenvalue weighted by Gasteiger charge is -2.10. The molecule has 0 aliphatic rings. The highest BCUT2D eigenvalue weighted by Gasteiger charge is 2.19. The molecule has 0 unspecified atom stereocenters. The largest absolute Gasteiger partial charge is 0.439 e. The second-order valence-corrected chi connectivity index (χ2v) is 7.33. The van der Waals surface area contributed by atoms with Crippen LogP contribution in [0.1, 0.15) is 5.56 Å². The van der Waals surface area contributed by atoms with E-state index in [1.54, 1.807) is 30.3 Å². The molecule has 2 aromatic carbocycles. The van der Waals surface area contributed by atoms with Crippen LogP contribution in [0.5, 0.6) is 11.6 Å². The van der Waals surface area contributed by atoms with Crippen LogP contribution in [0.4, 0.5) is 5.82 Å². The number of benzene rings is 2. The molecule has 0 aliphatic heterocycles. The minimum Gasteiger partial charge on any atom is -0.439 e. The van der Waals surface area contributed by atoms with Crippen molar-refractivity contribution in [2.24, 2.45) is 0 Å². The third-order valence-electron chi connectivity index (χ3n) is 4.17. The number of hydrogen-bond donors (Lipinski definition) is 1. The summed E-state index contributed by atoms with van der Waals surface area (Å²) < 4.78 is 7.35. The van der Waals surface area contributed by atoms with Crippen molar-refractivity contribution in [2.45, 2.75) is 5.03 Å². The zero-order valence-electron chi connectivity index (χ0n) is 15.8. The molecule has 0 saturated heterocycles. The molecule has 0 atom stereocenters. The third-order valence-corrected chi connectivity index (χ3v) is 5.09. The maximum absolute atomic E-state index is 9.43. The minimum atomic E-state index is 0.206. The molecule has 0 saturated carbocycles. The van der Waals surface area contributed by atoms with E-state index in [2.05, 4.69) is 21.1 Å². The summed E-state index contributed by atoms with van der Waals surface area (Å²) in [6, 6.07) is 20.2. The molecule has 0 bridgehead atoms. The van der Waals surface area contributed by atoms with Crippen molar-refractivity contribution in [3.8, 4) is 34.9 Å². The van der Waals surface area contributed by atoms with Crippen LogP contribution in [-0.4, -0.2) is 26.0 Å². The number of aromatic nitrogens is 4. The first-order chi connectivity index (χ1) is 14.6. The van der Waals surface area contributed by atoms with Gasteiger partial charge < -0.3 is 10.5 Å². The van der Waals surface area contributed by atoms with Crippen molar-refractivity contribution in [1.82, 2.24) is 19.7 Å². The average molecular weight is 435 g/mol. The molecule has 2 aromatic heterocycles. The van der Waals surface area contributed by atoms with Crippen LogP contribution in [0, 0.1) is 11.3 Å². The summed E-state index contributed by atoms with van der Waals surface area (Å²) in [4.78, 5) is 9.13. The monoisotopic (exact) mass is 434 g/mol. The lowest BCUT2D eigenvalue weighted by Crippen LogP contribution is -2.07. The lowest BCUT2D eigenvalue weighted by atomic mass is 10.2. The number of nitrogen functional groups attached to an aromatic ring is 1. The van der Waals surface area contributed by atoms with Crippen molar-refractivity contribution >= 4 is 29.2 Å². The number of thioether (sulfide) groups is 1. The summed E-state index contributed by atoms with van der Waals surface area (Å²) in [6.07, 6.45) is 1.83. The first-order valence-electron chi connectivity index (χ1n) is 8.80. The van der Waals surface area contributed by atoms with Crippen LogP contribution in [0.2, 0.25) is 5.02 Å². The Hall–Kier alpha value is -3.54. The van der Waals surface area contributed by atoms with Gasteiger partial charge >= 0.3 is 0 Å². The Labute approximate surface area is 182 Å². The molecule has 2 heterocycles. The fourth-order valence-electron chi connectivity index (χ4n) is 2.75. The van der Waals surface area contributed by atoms with Crippen LogP contribution < -0.4 is 10.5 Å². The number of rotatable bonds is 5. The Kier molecular flexibility index (Phi) is 5.57. The zero-order chi connectivity index (χ0) is 21.1. The lowest BCUT2D eigenvalue weighted by molar-refractivity contribution is 0.461. The summed E-state index contributed by atoms with van der Waals surface area (Å²) >= 11 is 7.29. The van der Waals surface area contributed by atoms with E-state index in [0.717, 1.165) is 5.56 Å². The van der Waals surface area contributed by atoms with E-state index in [1.807, 2.05) is 36.6 Å². The molecule has 9 heteroatoms. The second kappa shape index (κ2) is 8.45. The van der Waals surface area contributed by atoms with Gasteiger partial charge in [0.1, 0.15) is 28.2 Å². The van der Waals surface area contributed by atoms with Gasteiger partial charge in [0, 0.05) is 16.7 Å². The highest BCUT2D eigenvalue weighted by molar-refractivity contribution is 7.98. The van der Waals surface area contributed by atoms with Gasteiger partial charge in [0.25, 0.3) is 0 Å². The number of anilines is 1. The van der Waals surface area contributed by atoms with Crippen molar-refractivity contribution < 1.29 is 4.74 Å². The molecule has 0 aliphatic carbocycles. The molecule has 4 rings (SSSR count). The van der Waals surface area contributed by atoms with E-state index in [1.165, 1.54) is 16.4 Å². The molecule has 0 fully saturated rings. The number of halogens is 1. The molecule has 30 heavy (non-hydrogen) atoms. The van der Waals surface area contributed by atoms with Crippen molar-refractivity contribution in [3.05, 3.63) is 71.2 Å². The van der Waals surface area contributed by atoms with Crippen LogP contribution >= 0.6 is 23.4 Å². The van der Waals surface area contributed by atoms with E-state index < -0.39 is 0 Å². The van der Waals surface area contributed by atoms with E-state index >= 15 is 0 Å². The highest BCUT2D eigenvalue weighted by Crippen LogP contribution is 2.29. The number of nitriles is 1. The molecule has 7 nitrogen and oxygen atoms in total. The second-order valence-electron chi connectivity index (χ2n) is 6.10. The Morgan fingerprint density at radius 1 is 1.10 bits per heavy atom. The Balaban J connectivity index is 1.85. The maximum Gasteiger partial charge on any atom is 0.225 e. The van der Waals surface area contributed by atoms with Gasteiger partial charge in [0.2, 0.25) is 5.88 Å². The van der Waals surface area contributed by atoms with Crippen molar-refractivity contribution in [2.75, 3.05) is 12.0 Å². The van der Waals surface area contributed by atoms with E-state index in [9.17, 15) is 5.26 Å². The van der Waals surface area contributed by atoms with E-state index in [0.29, 0.717) is 38.9 Å². The highest BCUT2D eigenvalue weighted by atomic mass is 35.5. The quantitative estimate of drug-likeness (QED) is 0.443. The summed E-state index contributed by atoms with van der Waals surface area (Å²) in [5.74, 6) is 1.91. The van der Waals surface area contributed by atoms with Crippen LogP contribution in [0.15, 0.2) is 65.7 Å². The Morgan fingerprint density at radius 2 is 1.83 bits per heavy atom. The van der Waals surface area contributed by atoms with Gasteiger partial charge in [0.15, 0.2) is 11.6 Å². The Morgan fingerprint density at radius 3 is 2.47 bits per heavy atom. The number of nitrogens with zero attached hydrogens (tertiary/aromatic N) is 5. The number of hydrogen-bond acceptors (Lipinski definition) is 7. The summed E-state index contributed by atoms with van der Waals surface area (Å²) in [5.41, 5.74) is 7.29. The molecule has 2 N–H and O–H groups in total. The van der Waals surface area contributed by atoms with E-state index in [-0.39, 0.29) is 5.82 Å². The summed E-state index contributed by atoms with van der Waals surface area (Å²) in [6.45, 7) is 0. The van der Waals surface area contributed by atoms with E-state index in [4.69, 9.17) is 22.1 Å². The zero-order valence-corrected chi connectivity index (χ0v) is 17.4. The predicted octanol–water partition coefficient (Wildman–Crippen LogP) is 4.95. The van der Waals surface area contributed by atoms with Crippen molar-refractivity contribution in [1.29, 1.82) is 5.26 Å². The average Bonchev–Trinajstić information content (AvgIpc) is 3.11. The fourth-order valence-corrected chi connectivity index (χ4v) is 3.39. The summed E-state index contributed by atoms with van der Waals surface area (Å²) in [7, 11) is 0. The smallest absolute Gasteiger partial charge is 0.225 e. The van der Waals surface area contributed by atoms with Gasteiger partial charge in [-0.15, -0.1) is 11.8 Å². The third kappa shape index (κ3) is 3.94. The molecular formula is C21H15ClN6OS. The molecule has 4 aromatic rings. The van der Waals surface area contributed by atoms with Gasteiger partial charge in [-0.05, 0) is 30.5 Å². The number of ether oxygens (including phenoxy) is 1. The summed E-state index contributed by atoms with van der Waals surface area (Å²) in [5, 5.41) is 15.0. The van der Waals surface area contributed by atoms with Gasteiger partial charge in [-0.3, -0.25) is 0 Å². The van der Waals surface area contributed by atoms with Gasteiger partial charge in [0.05, 0.1) is 0 Å². The fraction of sp³-hybridized carbons (Fsp3) is 0.0476. The predicted molar refractivity (Wildman–Crippen MR) is 117 cm³/mol. The van der Waals surface area contributed by atoms with Crippen molar-refractivity contribution in [3.63, 3.8) is 0 Å². The normalized spacial score (nSPS) is 10.6. The Bertz CT molecular complexity index is 1240. The molecule has 0 radical (unpaired) electrons. The minimum absolute atomic E-state index is 0.206. The SMILES string of the molecule is CSc1nn(-c2cc(Oc3ccc(Cl)cc3)nc(-c3ccccc3)n2)c(N)c1C#N. The maximum atomic E-state index is 9.43. The van der Waals surface area contributed by atoms with Gasteiger partial charge in [-0.2, -0.15) is 20.0 Å². The van der Waals surface area contributed by atoms with Crippen LogP contribution in [-0.2, 0) is 0 Å². The molecular weight excluding hydrogens is 420 g/mol. The molecule has 0 spiro atoms. The van der Waals surface area contributed by atoms with Crippen LogP contribution in [0.25, 0.3) is 17.2 Å². The first-order valence-corrected chi connectivity index (χ1v) is 10.4.